The molecule has 0 spiro atoms. The molecule has 7 nitrogen and oxygen atoms in total. The van der Waals surface area contributed by atoms with Crippen LogP contribution >= 0.6 is 0 Å². The molecular weight excluding hydrogens is 366 g/mol. The minimum Gasteiger partial charge on any atom is -0.463 e. The molecule has 0 aliphatic heterocycles. The largest absolute Gasteiger partial charge is 0.463 e. The summed E-state index contributed by atoms with van der Waals surface area (Å²) in [5.41, 5.74) is 1.55. The van der Waals surface area contributed by atoms with Crippen molar-refractivity contribution in [3.63, 3.8) is 0 Å². The van der Waals surface area contributed by atoms with Crippen molar-refractivity contribution in [2.75, 3.05) is 4.72 Å². The molecule has 0 bridgehead atoms. The molecule has 3 heterocycles. The summed E-state index contributed by atoms with van der Waals surface area (Å²) in [6.45, 7) is 1.83. The van der Waals surface area contributed by atoms with Gasteiger partial charge in [0.05, 0.1) is 17.6 Å². The number of rotatable bonds is 5. The van der Waals surface area contributed by atoms with E-state index in [0.29, 0.717) is 28.3 Å². The van der Waals surface area contributed by atoms with Gasteiger partial charge in [0.1, 0.15) is 16.7 Å². The van der Waals surface area contributed by atoms with E-state index in [-0.39, 0.29) is 4.90 Å². The molecule has 1 aromatic carbocycles. The highest BCUT2D eigenvalue weighted by atomic mass is 32.2. The summed E-state index contributed by atoms with van der Waals surface area (Å²) in [6, 6.07) is 13.6. The van der Waals surface area contributed by atoms with Gasteiger partial charge in [0.25, 0.3) is 10.0 Å². The predicted octanol–water partition coefficient (Wildman–Crippen LogP) is 4.12. The van der Waals surface area contributed by atoms with Crippen molar-refractivity contribution >= 4 is 26.7 Å². The number of pyridine rings is 2. The van der Waals surface area contributed by atoms with Crippen LogP contribution in [-0.4, -0.2) is 18.4 Å². The number of benzene rings is 1. The number of aryl methyl sites for hydroxylation is 1. The number of aromatic nitrogens is 2. The zero-order valence-electron chi connectivity index (χ0n) is 14.3. The highest BCUT2D eigenvalue weighted by Gasteiger charge is 2.20. The number of nitrogens with one attached hydrogen (secondary N) is 1. The first-order valence-corrected chi connectivity index (χ1v) is 9.56. The molecular formula is C19H15N3O4S. The van der Waals surface area contributed by atoms with Crippen LogP contribution in [-0.2, 0) is 10.0 Å². The Hall–Kier alpha value is -3.39. The van der Waals surface area contributed by atoms with Gasteiger partial charge in [0, 0.05) is 17.6 Å². The van der Waals surface area contributed by atoms with Crippen LogP contribution in [0.15, 0.2) is 76.5 Å². The summed E-state index contributed by atoms with van der Waals surface area (Å²) in [5.74, 6) is 0.922. The van der Waals surface area contributed by atoms with E-state index in [1.54, 1.807) is 54.7 Å². The average Bonchev–Trinajstić information content (AvgIpc) is 3.10. The van der Waals surface area contributed by atoms with Crippen molar-refractivity contribution in [2.24, 2.45) is 0 Å². The highest BCUT2D eigenvalue weighted by Crippen LogP contribution is 2.27. The summed E-state index contributed by atoms with van der Waals surface area (Å²) < 4.78 is 38.8. The Bertz CT molecular complexity index is 1200. The van der Waals surface area contributed by atoms with Gasteiger partial charge in [-0.05, 0) is 37.3 Å². The molecule has 0 amide bonds. The lowest BCUT2D eigenvalue weighted by molar-refractivity contribution is 0.457. The van der Waals surface area contributed by atoms with Gasteiger partial charge in [0.2, 0.25) is 5.88 Å². The van der Waals surface area contributed by atoms with Crippen LogP contribution in [0.4, 0.5) is 5.69 Å². The normalized spacial score (nSPS) is 11.4. The molecule has 27 heavy (non-hydrogen) atoms. The van der Waals surface area contributed by atoms with Gasteiger partial charge in [0.15, 0.2) is 5.75 Å². The molecule has 0 aliphatic carbocycles. The molecule has 136 valence electrons. The first-order valence-electron chi connectivity index (χ1n) is 8.07. The highest BCUT2D eigenvalue weighted by molar-refractivity contribution is 7.93. The van der Waals surface area contributed by atoms with Crippen molar-refractivity contribution in [3.05, 3.63) is 72.9 Å². The fourth-order valence-electron chi connectivity index (χ4n) is 2.56. The lowest BCUT2D eigenvalue weighted by Crippen LogP contribution is -2.12. The Kier molecular flexibility index (Phi) is 4.25. The predicted molar refractivity (Wildman–Crippen MR) is 100 cm³/mol. The van der Waals surface area contributed by atoms with E-state index in [4.69, 9.17) is 9.15 Å². The Labute approximate surface area is 155 Å². The summed E-state index contributed by atoms with van der Waals surface area (Å²) in [4.78, 5) is 8.36. The van der Waals surface area contributed by atoms with Gasteiger partial charge in [-0.25, -0.2) is 13.4 Å². The van der Waals surface area contributed by atoms with E-state index < -0.39 is 10.0 Å². The molecule has 0 radical (unpaired) electrons. The molecule has 0 fully saturated rings. The SMILES string of the molecule is Cc1ncccc1Oc1ccc(NS(=O)(=O)c2coc3ccccc23)cn1. The molecule has 0 aliphatic rings. The smallest absolute Gasteiger partial charge is 0.265 e. The summed E-state index contributed by atoms with van der Waals surface area (Å²) in [7, 11) is -3.81. The van der Waals surface area contributed by atoms with E-state index in [0.717, 1.165) is 5.69 Å². The molecule has 0 unspecified atom stereocenters. The minimum atomic E-state index is -3.81. The summed E-state index contributed by atoms with van der Waals surface area (Å²) in [6.07, 6.45) is 4.29. The van der Waals surface area contributed by atoms with Crippen LogP contribution < -0.4 is 9.46 Å². The van der Waals surface area contributed by atoms with Crippen molar-refractivity contribution < 1.29 is 17.6 Å². The van der Waals surface area contributed by atoms with Gasteiger partial charge in [-0.1, -0.05) is 12.1 Å². The summed E-state index contributed by atoms with van der Waals surface area (Å²) >= 11 is 0. The number of para-hydroxylation sites is 1. The molecule has 0 saturated carbocycles. The second kappa shape index (κ2) is 6.73. The Morgan fingerprint density at radius 3 is 2.67 bits per heavy atom. The van der Waals surface area contributed by atoms with Crippen molar-refractivity contribution in [1.82, 2.24) is 9.97 Å². The van der Waals surface area contributed by atoms with Crippen molar-refractivity contribution in [3.8, 4) is 11.6 Å². The number of hydrogen-bond donors (Lipinski definition) is 1. The van der Waals surface area contributed by atoms with Crippen molar-refractivity contribution in [2.45, 2.75) is 11.8 Å². The first kappa shape index (κ1) is 17.0. The Morgan fingerprint density at radius 2 is 1.89 bits per heavy atom. The maximum atomic E-state index is 12.7. The quantitative estimate of drug-likeness (QED) is 0.559. The Balaban J connectivity index is 1.55. The molecule has 8 heteroatoms. The lowest BCUT2D eigenvalue weighted by atomic mass is 10.3. The van der Waals surface area contributed by atoms with Crippen molar-refractivity contribution in [1.29, 1.82) is 0 Å². The monoisotopic (exact) mass is 381 g/mol. The van der Waals surface area contributed by atoms with Gasteiger partial charge >= 0.3 is 0 Å². The maximum absolute atomic E-state index is 12.7. The van der Waals surface area contributed by atoms with E-state index in [2.05, 4.69) is 14.7 Å². The van der Waals surface area contributed by atoms with Gasteiger partial charge in [-0.3, -0.25) is 9.71 Å². The number of ether oxygens (including phenoxy) is 1. The number of anilines is 1. The van der Waals surface area contributed by atoms with E-state index in [9.17, 15) is 8.42 Å². The second-order valence-corrected chi connectivity index (χ2v) is 7.43. The average molecular weight is 381 g/mol. The first-order chi connectivity index (χ1) is 13.0. The van der Waals surface area contributed by atoms with Crippen LogP contribution in [0.1, 0.15) is 5.69 Å². The number of sulfonamides is 1. The van der Waals surface area contributed by atoms with E-state index in [1.807, 2.05) is 6.92 Å². The molecule has 4 rings (SSSR count). The number of fused-ring (bicyclic) bond motifs is 1. The number of nitrogens with zero attached hydrogens (tertiary/aromatic N) is 2. The molecule has 3 aromatic heterocycles. The van der Waals surface area contributed by atoms with Gasteiger partial charge in [-0.2, -0.15) is 0 Å². The second-order valence-electron chi connectivity index (χ2n) is 5.78. The number of furan rings is 1. The zero-order chi connectivity index (χ0) is 18.9. The topological polar surface area (TPSA) is 94.3 Å². The fourth-order valence-corrected chi connectivity index (χ4v) is 3.74. The standard InChI is InChI=1S/C19H15N3O4S/c1-13-16(7-4-10-20-13)26-19-9-8-14(11-21-19)22-27(23,24)18-12-25-17-6-3-2-5-15(17)18/h2-12,22H,1H3. The lowest BCUT2D eigenvalue weighted by Gasteiger charge is -2.09. The van der Waals surface area contributed by atoms with E-state index in [1.165, 1.54) is 12.5 Å². The third kappa shape index (κ3) is 3.47. The van der Waals surface area contributed by atoms with E-state index >= 15 is 0 Å². The molecule has 0 atom stereocenters. The van der Waals surface area contributed by atoms with Crippen LogP contribution in [0.2, 0.25) is 0 Å². The summed E-state index contributed by atoms with van der Waals surface area (Å²) in [5, 5.41) is 0.518. The Morgan fingerprint density at radius 1 is 1.04 bits per heavy atom. The molecule has 0 saturated heterocycles. The fraction of sp³-hybridized carbons (Fsp3) is 0.0526. The third-order valence-corrected chi connectivity index (χ3v) is 5.30. The van der Waals surface area contributed by atoms with Crippen LogP contribution in [0.3, 0.4) is 0 Å². The van der Waals surface area contributed by atoms with Gasteiger partial charge in [-0.15, -0.1) is 0 Å². The van der Waals surface area contributed by atoms with Crippen LogP contribution in [0.5, 0.6) is 11.6 Å². The van der Waals surface area contributed by atoms with Crippen LogP contribution in [0, 0.1) is 6.92 Å². The molecule has 1 N–H and O–H groups in total. The minimum absolute atomic E-state index is 0.0735. The van der Waals surface area contributed by atoms with Gasteiger partial charge < -0.3 is 9.15 Å². The molecule has 4 aromatic rings. The zero-order valence-corrected chi connectivity index (χ0v) is 15.1. The van der Waals surface area contributed by atoms with Crippen LogP contribution in [0.25, 0.3) is 11.0 Å². The maximum Gasteiger partial charge on any atom is 0.265 e. The third-order valence-electron chi connectivity index (χ3n) is 3.90. The number of hydrogen-bond acceptors (Lipinski definition) is 6.